The summed E-state index contributed by atoms with van der Waals surface area (Å²) in [6, 6.07) is 8.28. The van der Waals surface area contributed by atoms with Gasteiger partial charge in [0, 0.05) is 19.6 Å². The van der Waals surface area contributed by atoms with Crippen LogP contribution >= 0.6 is 11.6 Å². The first-order valence-electron chi connectivity index (χ1n) is 6.63. The molecule has 0 aliphatic carbocycles. The fourth-order valence-electron chi connectivity index (χ4n) is 2.32. The van der Waals surface area contributed by atoms with E-state index < -0.39 is 6.10 Å². The van der Waals surface area contributed by atoms with Crippen LogP contribution in [-0.2, 0) is 0 Å². The summed E-state index contributed by atoms with van der Waals surface area (Å²) in [6.45, 7) is 2.74. The number of halogens is 1. The van der Waals surface area contributed by atoms with E-state index in [1.807, 2.05) is 6.07 Å². The van der Waals surface area contributed by atoms with E-state index in [2.05, 4.69) is 28.4 Å². The maximum atomic E-state index is 9.51. The zero-order chi connectivity index (χ0) is 12.8. The number of nitrogens with zero attached hydrogens (tertiary/aromatic N) is 1. The highest BCUT2D eigenvalue weighted by Crippen LogP contribution is 2.28. The van der Waals surface area contributed by atoms with E-state index in [9.17, 15) is 5.11 Å². The SMILES string of the molecule is OC(CCl)CNc1ccccc1N1CCCCC1. The van der Waals surface area contributed by atoms with Crippen LogP contribution in [0.5, 0.6) is 0 Å². The topological polar surface area (TPSA) is 35.5 Å². The Morgan fingerprint density at radius 3 is 2.67 bits per heavy atom. The third-order valence-corrected chi connectivity index (χ3v) is 3.66. The van der Waals surface area contributed by atoms with Crippen LogP contribution < -0.4 is 10.2 Å². The molecule has 1 unspecified atom stereocenters. The van der Waals surface area contributed by atoms with Gasteiger partial charge in [-0.1, -0.05) is 12.1 Å². The maximum Gasteiger partial charge on any atom is 0.0847 e. The normalized spacial score (nSPS) is 17.6. The summed E-state index contributed by atoms with van der Waals surface area (Å²) >= 11 is 5.61. The third-order valence-electron chi connectivity index (χ3n) is 3.31. The fraction of sp³-hybridized carbons (Fsp3) is 0.571. The summed E-state index contributed by atoms with van der Waals surface area (Å²) in [7, 11) is 0. The van der Waals surface area contributed by atoms with E-state index >= 15 is 0 Å². The van der Waals surface area contributed by atoms with Crippen molar-refractivity contribution < 1.29 is 5.11 Å². The number of aliphatic hydroxyl groups excluding tert-OH is 1. The molecule has 1 aromatic carbocycles. The van der Waals surface area contributed by atoms with Crippen molar-refractivity contribution in [2.75, 3.05) is 35.7 Å². The standard InChI is InChI=1S/C14H21ClN2O/c15-10-12(18)11-16-13-6-2-3-7-14(13)17-8-4-1-5-9-17/h2-3,6-7,12,16,18H,1,4-5,8-11H2. The van der Waals surface area contributed by atoms with E-state index in [0.717, 1.165) is 18.8 Å². The van der Waals surface area contributed by atoms with Crippen LogP contribution in [-0.4, -0.2) is 36.7 Å². The highest BCUT2D eigenvalue weighted by Gasteiger charge is 2.14. The Kier molecular flexibility index (Phi) is 5.14. The van der Waals surface area contributed by atoms with Crippen molar-refractivity contribution in [1.29, 1.82) is 0 Å². The van der Waals surface area contributed by atoms with Crippen molar-refractivity contribution in [2.24, 2.45) is 0 Å². The number of nitrogens with one attached hydrogen (secondary N) is 1. The van der Waals surface area contributed by atoms with Crippen LogP contribution in [0, 0.1) is 0 Å². The average molecular weight is 269 g/mol. The van der Waals surface area contributed by atoms with Crippen LogP contribution in [0.1, 0.15) is 19.3 Å². The van der Waals surface area contributed by atoms with Gasteiger partial charge in [-0.3, -0.25) is 0 Å². The lowest BCUT2D eigenvalue weighted by Crippen LogP contribution is -2.30. The second-order valence-electron chi connectivity index (χ2n) is 4.75. The van der Waals surface area contributed by atoms with Crippen molar-refractivity contribution in [2.45, 2.75) is 25.4 Å². The van der Waals surface area contributed by atoms with E-state index in [0.29, 0.717) is 6.54 Å². The van der Waals surface area contributed by atoms with Crippen LogP contribution in [0.2, 0.25) is 0 Å². The monoisotopic (exact) mass is 268 g/mol. The van der Waals surface area contributed by atoms with E-state index in [4.69, 9.17) is 11.6 Å². The third kappa shape index (κ3) is 3.53. The number of rotatable bonds is 5. The van der Waals surface area contributed by atoms with Crippen molar-refractivity contribution in [3.05, 3.63) is 24.3 Å². The summed E-state index contributed by atoms with van der Waals surface area (Å²) in [5.41, 5.74) is 2.32. The van der Waals surface area contributed by atoms with Crippen LogP contribution in [0.25, 0.3) is 0 Å². The molecule has 1 aliphatic rings. The molecule has 1 heterocycles. The number of para-hydroxylation sites is 2. The minimum absolute atomic E-state index is 0.263. The Bertz CT molecular complexity index is 367. The summed E-state index contributed by atoms with van der Waals surface area (Å²) in [5, 5.41) is 12.8. The zero-order valence-electron chi connectivity index (χ0n) is 10.6. The van der Waals surface area contributed by atoms with Gasteiger partial charge in [0.25, 0.3) is 0 Å². The zero-order valence-corrected chi connectivity index (χ0v) is 11.4. The lowest BCUT2D eigenvalue weighted by molar-refractivity contribution is 0.211. The van der Waals surface area contributed by atoms with E-state index in [1.54, 1.807) is 0 Å². The van der Waals surface area contributed by atoms with Crippen LogP contribution in [0.3, 0.4) is 0 Å². The molecular weight excluding hydrogens is 248 g/mol. The van der Waals surface area contributed by atoms with Gasteiger partial charge in [-0.25, -0.2) is 0 Å². The molecule has 2 N–H and O–H groups in total. The van der Waals surface area contributed by atoms with Crippen molar-refractivity contribution in [1.82, 2.24) is 0 Å². The quantitative estimate of drug-likeness (QED) is 0.806. The molecule has 100 valence electrons. The number of piperidine rings is 1. The van der Waals surface area contributed by atoms with Gasteiger partial charge in [0.2, 0.25) is 0 Å². The van der Waals surface area contributed by atoms with Gasteiger partial charge < -0.3 is 15.3 Å². The molecule has 4 heteroatoms. The second kappa shape index (κ2) is 6.86. The number of anilines is 2. The fourth-order valence-corrected chi connectivity index (χ4v) is 2.43. The molecule has 0 amide bonds. The van der Waals surface area contributed by atoms with Crippen molar-refractivity contribution in [3.8, 4) is 0 Å². The lowest BCUT2D eigenvalue weighted by atomic mass is 10.1. The molecule has 0 saturated carbocycles. The van der Waals surface area contributed by atoms with Crippen LogP contribution in [0.4, 0.5) is 11.4 Å². The Morgan fingerprint density at radius 1 is 1.22 bits per heavy atom. The first-order valence-corrected chi connectivity index (χ1v) is 7.16. The molecule has 1 fully saturated rings. The number of aliphatic hydroxyl groups is 1. The van der Waals surface area contributed by atoms with Gasteiger partial charge in [0.05, 0.1) is 23.4 Å². The molecule has 1 aromatic rings. The molecule has 1 saturated heterocycles. The molecule has 2 rings (SSSR count). The van der Waals surface area contributed by atoms with Gasteiger partial charge >= 0.3 is 0 Å². The van der Waals surface area contributed by atoms with Crippen molar-refractivity contribution >= 4 is 23.0 Å². The predicted molar refractivity (Wildman–Crippen MR) is 77.7 cm³/mol. The van der Waals surface area contributed by atoms with Gasteiger partial charge in [-0.2, -0.15) is 0 Å². The smallest absolute Gasteiger partial charge is 0.0847 e. The Morgan fingerprint density at radius 2 is 1.94 bits per heavy atom. The summed E-state index contributed by atoms with van der Waals surface area (Å²) in [5.74, 6) is 0.263. The summed E-state index contributed by atoms with van der Waals surface area (Å²) in [4.78, 5) is 2.42. The minimum atomic E-state index is -0.499. The lowest BCUT2D eigenvalue weighted by Gasteiger charge is -2.30. The Labute approximate surface area is 114 Å². The first kappa shape index (κ1) is 13.5. The number of alkyl halides is 1. The molecule has 1 aliphatic heterocycles. The van der Waals surface area contributed by atoms with Crippen LogP contribution in [0.15, 0.2) is 24.3 Å². The number of hydrogen-bond donors (Lipinski definition) is 2. The summed E-state index contributed by atoms with van der Waals surface area (Å²) in [6.07, 6.45) is 3.36. The van der Waals surface area contributed by atoms with E-state index in [1.165, 1.54) is 24.9 Å². The molecule has 1 atom stereocenters. The molecular formula is C14H21ClN2O. The molecule has 0 spiro atoms. The average Bonchev–Trinajstić information content (AvgIpc) is 2.46. The number of hydrogen-bond acceptors (Lipinski definition) is 3. The van der Waals surface area contributed by atoms with Crippen molar-refractivity contribution in [3.63, 3.8) is 0 Å². The predicted octanol–water partition coefficient (Wildman–Crippen LogP) is 2.69. The highest BCUT2D eigenvalue weighted by atomic mass is 35.5. The Hall–Kier alpha value is -0.930. The molecule has 0 aromatic heterocycles. The highest BCUT2D eigenvalue weighted by molar-refractivity contribution is 6.18. The van der Waals surface area contributed by atoms with Gasteiger partial charge in [0.1, 0.15) is 0 Å². The largest absolute Gasteiger partial charge is 0.390 e. The maximum absolute atomic E-state index is 9.51. The van der Waals surface area contributed by atoms with Gasteiger partial charge in [0.15, 0.2) is 0 Å². The molecule has 0 bridgehead atoms. The van der Waals surface area contributed by atoms with E-state index in [-0.39, 0.29) is 5.88 Å². The number of benzene rings is 1. The minimum Gasteiger partial charge on any atom is -0.390 e. The molecule has 18 heavy (non-hydrogen) atoms. The molecule has 0 radical (unpaired) electrons. The first-order chi connectivity index (χ1) is 8.81. The second-order valence-corrected chi connectivity index (χ2v) is 5.06. The molecule has 3 nitrogen and oxygen atoms in total. The summed E-state index contributed by atoms with van der Waals surface area (Å²) < 4.78 is 0. The van der Waals surface area contributed by atoms with Gasteiger partial charge in [-0.15, -0.1) is 11.6 Å². The van der Waals surface area contributed by atoms with Gasteiger partial charge in [-0.05, 0) is 31.4 Å². The Balaban J connectivity index is 2.04.